The SMILES string of the molecule is Cc1cc(C(O)c2cnnn2C)ccc1Br. The van der Waals surface area contributed by atoms with Crippen molar-refractivity contribution in [1.29, 1.82) is 0 Å². The number of hydrogen-bond donors (Lipinski definition) is 1. The number of aromatic nitrogens is 3. The minimum absolute atomic E-state index is 0.682. The molecular weight excluding hydrogens is 270 g/mol. The maximum absolute atomic E-state index is 10.2. The van der Waals surface area contributed by atoms with E-state index in [9.17, 15) is 5.11 Å². The largest absolute Gasteiger partial charge is 0.382 e. The fourth-order valence-corrected chi connectivity index (χ4v) is 1.80. The van der Waals surface area contributed by atoms with Gasteiger partial charge in [-0.2, -0.15) is 0 Å². The lowest BCUT2D eigenvalue weighted by Gasteiger charge is -2.11. The van der Waals surface area contributed by atoms with Crippen LogP contribution in [0.2, 0.25) is 0 Å². The molecule has 0 saturated heterocycles. The monoisotopic (exact) mass is 281 g/mol. The van der Waals surface area contributed by atoms with Gasteiger partial charge in [0.1, 0.15) is 6.10 Å². The number of aliphatic hydroxyl groups is 1. The summed E-state index contributed by atoms with van der Waals surface area (Å²) in [5.74, 6) is 0. The van der Waals surface area contributed by atoms with Crippen LogP contribution in [0.4, 0.5) is 0 Å². The van der Waals surface area contributed by atoms with Crippen LogP contribution in [-0.4, -0.2) is 20.1 Å². The fourth-order valence-electron chi connectivity index (χ4n) is 1.55. The zero-order chi connectivity index (χ0) is 11.7. The first-order valence-corrected chi connectivity index (χ1v) is 5.67. The average Bonchev–Trinajstić information content (AvgIpc) is 2.67. The van der Waals surface area contributed by atoms with E-state index in [-0.39, 0.29) is 0 Å². The molecule has 0 aliphatic carbocycles. The molecule has 2 aromatic rings. The maximum atomic E-state index is 10.2. The van der Waals surface area contributed by atoms with E-state index in [1.165, 1.54) is 0 Å². The van der Waals surface area contributed by atoms with Crippen LogP contribution >= 0.6 is 15.9 Å². The van der Waals surface area contributed by atoms with Gasteiger partial charge in [-0.1, -0.05) is 33.3 Å². The molecule has 0 bridgehead atoms. The van der Waals surface area contributed by atoms with Crippen molar-refractivity contribution in [1.82, 2.24) is 15.0 Å². The van der Waals surface area contributed by atoms with Crippen LogP contribution < -0.4 is 0 Å². The lowest BCUT2D eigenvalue weighted by molar-refractivity contribution is 0.209. The van der Waals surface area contributed by atoms with Gasteiger partial charge in [-0.05, 0) is 24.1 Å². The summed E-state index contributed by atoms with van der Waals surface area (Å²) in [6.45, 7) is 1.99. The Balaban J connectivity index is 2.38. The molecule has 0 saturated carbocycles. The van der Waals surface area contributed by atoms with Crippen LogP contribution in [0, 0.1) is 6.92 Å². The van der Waals surface area contributed by atoms with Crippen LogP contribution in [0.25, 0.3) is 0 Å². The van der Waals surface area contributed by atoms with Crippen molar-refractivity contribution in [2.75, 3.05) is 0 Å². The lowest BCUT2D eigenvalue weighted by atomic mass is 10.0. The first-order valence-electron chi connectivity index (χ1n) is 4.88. The number of benzene rings is 1. The molecular formula is C11H12BrN3O. The Labute approximate surface area is 102 Å². The van der Waals surface area contributed by atoms with Gasteiger partial charge < -0.3 is 5.11 Å². The van der Waals surface area contributed by atoms with E-state index in [2.05, 4.69) is 26.2 Å². The standard InChI is InChI=1S/C11H12BrN3O/c1-7-5-8(3-4-9(7)12)11(16)10-6-13-14-15(10)2/h3-6,11,16H,1-2H3. The molecule has 1 unspecified atom stereocenters. The summed E-state index contributed by atoms with van der Waals surface area (Å²) in [4.78, 5) is 0. The van der Waals surface area contributed by atoms with E-state index in [0.29, 0.717) is 5.69 Å². The molecule has 5 heteroatoms. The van der Waals surface area contributed by atoms with Crippen molar-refractivity contribution in [3.05, 3.63) is 45.7 Å². The van der Waals surface area contributed by atoms with Crippen molar-refractivity contribution in [2.45, 2.75) is 13.0 Å². The van der Waals surface area contributed by atoms with E-state index in [1.54, 1.807) is 17.9 Å². The summed E-state index contributed by atoms with van der Waals surface area (Å²) in [5, 5.41) is 17.7. The smallest absolute Gasteiger partial charge is 0.122 e. The number of nitrogens with zero attached hydrogens (tertiary/aromatic N) is 3. The van der Waals surface area contributed by atoms with Gasteiger partial charge in [-0.15, -0.1) is 5.10 Å². The van der Waals surface area contributed by atoms with Gasteiger partial charge in [0, 0.05) is 11.5 Å². The predicted molar refractivity (Wildman–Crippen MR) is 63.9 cm³/mol. The van der Waals surface area contributed by atoms with E-state index in [1.807, 2.05) is 25.1 Å². The van der Waals surface area contributed by atoms with Gasteiger partial charge in [0.05, 0.1) is 11.9 Å². The molecule has 0 spiro atoms. The number of aryl methyl sites for hydroxylation is 2. The Morgan fingerprint density at radius 1 is 1.44 bits per heavy atom. The molecule has 4 nitrogen and oxygen atoms in total. The summed E-state index contributed by atoms with van der Waals surface area (Å²) in [5.41, 5.74) is 2.61. The molecule has 0 fully saturated rings. The number of hydrogen-bond acceptors (Lipinski definition) is 3. The number of halogens is 1. The van der Waals surface area contributed by atoms with E-state index in [0.717, 1.165) is 15.6 Å². The summed E-state index contributed by atoms with van der Waals surface area (Å²) < 4.78 is 2.61. The van der Waals surface area contributed by atoms with Crippen LogP contribution in [0.15, 0.2) is 28.9 Å². The number of rotatable bonds is 2. The third-order valence-corrected chi connectivity index (χ3v) is 3.42. The summed E-state index contributed by atoms with van der Waals surface area (Å²) in [6, 6.07) is 5.76. The average molecular weight is 282 g/mol. The molecule has 1 atom stereocenters. The Morgan fingerprint density at radius 3 is 2.75 bits per heavy atom. The molecule has 1 N–H and O–H groups in total. The van der Waals surface area contributed by atoms with Gasteiger partial charge in [-0.25, -0.2) is 4.68 Å². The molecule has 84 valence electrons. The van der Waals surface area contributed by atoms with Gasteiger partial charge in [-0.3, -0.25) is 0 Å². The molecule has 2 rings (SSSR count). The summed E-state index contributed by atoms with van der Waals surface area (Å²) in [6.07, 6.45) is 0.883. The predicted octanol–water partition coefficient (Wildman–Crippen LogP) is 1.97. The molecule has 0 amide bonds. The minimum atomic E-state index is -0.688. The summed E-state index contributed by atoms with van der Waals surface area (Å²) >= 11 is 3.43. The molecule has 0 radical (unpaired) electrons. The quantitative estimate of drug-likeness (QED) is 0.916. The maximum Gasteiger partial charge on any atom is 0.122 e. The fraction of sp³-hybridized carbons (Fsp3) is 0.273. The van der Waals surface area contributed by atoms with Gasteiger partial charge >= 0.3 is 0 Å². The summed E-state index contributed by atoms with van der Waals surface area (Å²) in [7, 11) is 1.76. The Kier molecular flexibility index (Phi) is 3.07. The van der Waals surface area contributed by atoms with Crippen LogP contribution in [-0.2, 0) is 7.05 Å². The number of aliphatic hydroxyl groups excluding tert-OH is 1. The highest BCUT2D eigenvalue weighted by Crippen LogP contribution is 2.24. The Morgan fingerprint density at radius 2 is 2.19 bits per heavy atom. The molecule has 0 aliphatic rings. The molecule has 1 heterocycles. The van der Waals surface area contributed by atoms with Gasteiger partial charge in [0.2, 0.25) is 0 Å². The topological polar surface area (TPSA) is 50.9 Å². The first kappa shape index (κ1) is 11.3. The first-order chi connectivity index (χ1) is 7.59. The van der Waals surface area contributed by atoms with Crippen molar-refractivity contribution in [3.63, 3.8) is 0 Å². The third-order valence-electron chi connectivity index (χ3n) is 2.53. The Bertz CT molecular complexity index is 510. The lowest BCUT2D eigenvalue weighted by Crippen LogP contribution is -2.06. The normalized spacial score (nSPS) is 12.8. The van der Waals surface area contributed by atoms with Crippen LogP contribution in [0.1, 0.15) is 22.9 Å². The van der Waals surface area contributed by atoms with Crippen molar-refractivity contribution >= 4 is 15.9 Å². The van der Waals surface area contributed by atoms with Gasteiger partial charge in [0.15, 0.2) is 0 Å². The zero-order valence-electron chi connectivity index (χ0n) is 9.05. The second kappa shape index (κ2) is 4.35. The molecule has 16 heavy (non-hydrogen) atoms. The van der Waals surface area contributed by atoms with Crippen LogP contribution in [0.3, 0.4) is 0 Å². The van der Waals surface area contributed by atoms with E-state index >= 15 is 0 Å². The molecule has 0 aliphatic heterocycles. The van der Waals surface area contributed by atoms with E-state index < -0.39 is 6.10 Å². The second-order valence-corrected chi connectivity index (χ2v) is 4.55. The van der Waals surface area contributed by atoms with Gasteiger partial charge in [0.25, 0.3) is 0 Å². The third kappa shape index (κ3) is 2.01. The molecule has 1 aromatic carbocycles. The van der Waals surface area contributed by atoms with E-state index in [4.69, 9.17) is 0 Å². The Hall–Kier alpha value is -1.20. The van der Waals surface area contributed by atoms with Crippen molar-refractivity contribution < 1.29 is 5.11 Å². The highest BCUT2D eigenvalue weighted by molar-refractivity contribution is 9.10. The zero-order valence-corrected chi connectivity index (χ0v) is 10.6. The van der Waals surface area contributed by atoms with Crippen molar-refractivity contribution in [3.8, 4) is 0 Å². The second-order valence-electron chi connectivity index (χ2n) is 3.69. The van der Waals surface area contributed by atoms with Crippen molar-refractivity contribution in [2.24, 2.45) is 7.05 Å². The highest BCUT2D eigenvalue weighted by atomic mass is 79.9. The van der Waals surface area contributed by atoms with Crippen LogP contribution in [0.5, 0.6) is 0 Å². The minimum Gasteiger partial charge on any atom is -0.382 e. The highest BCUT2D eigenvalue weighted by Gasteiger charge is 2.15. The molecule has 1 aromatic heterocycles.